The number of sulfonamides is 1. The fourth-order valence-corrected chi connectivity index (χ4v) is 5.82. The van der Waals surface area contributed by atoms with Crippen LogP contribution in [-0.4, -0.2) is 73.5 Å². The molecule has 1 N–H and O–H groups in total. The predicted molar refractivity (Wildman–Crippen MR) is 123 cm³/mol. The smallest absolute Gasteiger partial charge is 0.271 e. The zero-order valence-corrected chi connectivity index (χ0v) is 19.3. The van der Waals surface area contributed by atoms with E-state index in [2.05, 4.69) is 4.90 Å². The second kappa shape index (κ2) is 10.4. The van der Waals surface area contributed by atoms with Crippen molar-refractivity contribution < 1.29 is 18.4 Å². The second-order valence-corrected chi connectivity index (χ2v) is 9.74. The maximum atomic E-state index is 13.6. The molecule has 0 amide bonds. The number of hydrogen-bond acceptors (Lipinski definition) is 7. The van der Waals surface area contributed by atoms with Gasteiger partial charge in [-0.15, -0.1) is 0 Å². The monoisotopic (exact) mass is 462 g/mol. The maximum absolute atomic E-state index is 13.6. The topological polar surface area (TPSA) is 107 Å². The van der Waals surface area contributed by atoms with Gasteiger partial charge in [-0.3, -0.25) is 15.0 Å². The highest BCUT2D eigenvalue weighted by Gasteiger charge is 2.33. The van der Waals surface area contributed by atoms with Crippen LogP contribution < -0.4 is 4.90 Å². The molecule has 9 nitrogen and oxygen atoms in total. The van der Waals surface area contributed by atoms with Gasteiger partial charge < -0.3 is 10.0 Å². The standard InChI is InChI=1S/C22H30N4O5S/c1-3-24(13-14-27)22-18(2)15-20(26(28)29)16-21(22)32(30,31)25-11-9-23(10-12-25)17-19-7-5-4-6-8-19/h4-8,15-16,27H,3,9-14,17H2,1-2H3. The zero-order valence-electron chi connectivity index (χ0n) is 18.5. The number of likely N-dealkylation sites (N-methyl/N-ethyl adjacent to an activating group) is 1. The van der Waals surface area contributed by atoms with E-state index in [9.17, 15) is 23.6 Å². The Hall–Kier alpha value is -2.53. The molecular weight excluding hydrogens is 432 g/mol. The van der Waals surface area contributed by atoms with Crippen molar-refractivity contribution in [3.8, 4) is 0 Å². The Morgan fingerprint density at radius 3 is 2.34 bits per heavy atom. The van der Waals surface area contributed by atoms with Crippen LogP contribution in [0, 0.1) is 17.0 Å². The maximum Gasteiger partial charge on any atom is 0.271 e. The summed E-state index contributed by atoms with van der Waals surface area (Å²) >= 11 is 0. The summed E-state index contributed by atoms with van der Waals surface area (Å²) in [6.07, 6.45) is 0. The van der Waals surface area contributed by atoms with Gasteiger partial charge in [-0.1, -0.05) is 30.3 Å². The first-order valence-corrected chi connectivity index (χ1v) is 12.1. The van der Waals surface area contributed by atoms with Gasteiger partial charge in [-0.05, 0) is 25.0 Å². The number of anilines is 1. The largest absolute Gasteiger partial charge is 0.395 e. The molecule has 1 aliphatic heterocycles. The van der Waals surface area contributed by atoms with Crippen LogP contribution in [0.15, 0.2) is 47.4 Å². The van der Waals surface area contributed by atoms with Gasteiger partial charge in [0.1, 0.15) is 4.90 Å². The molecule has 32 heavy (non-hydrogen) atoms. The van der Waals surface area contributed by atoms with Crippen LogP contribution in [0.5, 0.6) is 0 Å². The number of aliphatic hydroxyl groups is 1. The molecule has 174 valence electrons. The van der Waals surface area contributed by atoms with Gasteiger partial charge in [0.2, 0.25) is 10.0 Å². The predicted octanol–water partition coefficient (Wildman–Crippen LogP) is 2.23. The fourth-order valence-electron chi connectivity index (χ4n) is 4.09. The van der Waals surface area contributed by atoms with Crippen molar-refractivity contribution in [3.63, 3.8) is 0 Å². The highest BCUT2D eigenvalue weighted by atomic mass is 32.2. The summed E-state index contributed by atoms with van der Waals surface area (Å²) in [6, 6.07) is 12.5. The highest BCUT2D eigenvalue weighted by molar-refractivity contribution is 7.89. The van der Waals surface area contributed by atoms with E-state index in [0.29, 0.717) is 44.0 Å². The molecule has 0 bridgehead atoms. The van der Waals surface area contributed by atoms with Crippen molar-refractivity contribution >= 4 is 21.4 Å². The fraction of sp³-hybridized carbons (Fsp3) is 0.455. The van der Waals surface area contributed by atoms with Gasteiger partial charge in [0, 0.05) is 57.9 Å². The van der Waals surface area contributed by atoms with E-state index in [4.69, 9.17) is 0 Å². The lowest BCUT2D eigenvalue weighted by molar-refractivity contribution is -0.385. The number of aliphatic hydroxyl groups excluding tert-OH is 1. The molecule has 0 spiro atoms. The summed E-state index contributed by atoms with van der Waals surface area (Å²) in [5.74, 6) is 0. The van der Waals surface area contributed by atoms with Gasteiger partial charge in [0.25, 0.3) is 5.69 Å². The Labute approximate surface area is 189 Å². The lowest BCUT2D eigenvalue weighted by Crippen LogP contribution is -2.48. The number of non-ortho nitro benzene ring substituents is 1. The van der Waals surface area contributed by atoms with Crippen molar-refractivity contribution in [2.24, 2.45) is 0 Å². The molecule has 3 rings (SSSR count). The van der Waals surface area contributed by atoms with E-state index in [0.717, 1.165) is 12.6 Å². The minimum Gasteiger partial charge on any atom is -0.395 e. The van der Waals surface area contributed by atoms with E-state index < -0.39 is 14.9 Å². The normalized spacial score (nSPS) is 15.6. The van der Waals surface area contributed by atoms with Gasteiger partial charge in [0.15, 0.2) is 0 Å². The molecule has 0 saturated carbocycles. The molecule has 0 radical (unpaired) electrons. The van der Waals surface area contributed by atoms with Crippen LogP contribution in [0.3, 0.4) is 0 Å². The van der Waals surface area contributed by atoms with Crippen molar-refractivity contribution in [2.75, 3.05) is 50.8 Å². The Morgan fingerprint density at radius 1 is 1.12 bits per heavy atom. The minimum atomic E-state index is -3.96. The molecule has 1 saturated heterocycles. The molecule has 10 heteroatoms. The molecule has 1 fully saturated rings. The molecule has 0 atom stereocenters. The first kappa shape index (κ1) is 24.1. The first-order chi connectivity index (χ1) is 15.3. The minimum absolute atomic E-state index is 0.0731. The van der Waals surface area contributed by atoms with Gasteiger partial charge in [0.05, 0.1) is 17.2 Å². The van der Waals surface area contributed by atoms with E-state index in [1.54, 1.807) is 11.8 Å². The van der Waals surface area contributed by atoms with Crippen LogP contribution in [-0.2, 0) is 16.6 Å². The Balaban J connectivity index is 1.89. The van der Waals surface area contributed by atoms with Crippen LogP contribution in [0.1, 0.15) is 18.1 Å². The number of nitro groups is 1. The highest BCUT2D eigenvalue weighted by Crippen LogP contribution is 2.35. The summed E-state index contributed by atoms with van der Waals surface area (Å²) < 4.78 is 28.6. The number of rotatable bonds is 9. The molecular formula is C22H30N4O5S. The van der Waals surface area contributed by atoms with Crippen molar-refractivity contribution in [3.05, 3.63) is 63.7 Å². The van der Waals surface area contributed by atoms with Crippen LogP contribution >= 0.6 is 0 Å². The molecule has 0 unspecified atom stereocenters. The van der Waals surface area contributed by atoms with Gasteiger partial charge in [-0.25, -0.2) is 8.42 Å². The molecule has 1 aliphatic rings. The molecule has 1 heterocycles. The van der Waals surface area contributed by atoms with E-state index in [-0.39, 0.29) is 23.7 Å². The lowest BCUT2D eigenvalue weighted by atomic mass is 10.1. The van der Waals surface area contributed by atoms with E-state index >= 15 is 0 Å². The number of aryl methyl sites for hydroxylation is 1. The third-order valence-corrected chi connectivity index (χ3v) is 7.64. The molecule has 0 aromatic heterocycles. The molecule has 2 aromatic rings. The number of nitrogens with zero attached hydrogens (tertiary/aromatic N) is 4. The van der Waals surface area contributed by atoms with Crippen LogP contribution in [0.25, 0.3) is 0 Å². The van der Waals surface area contributed by atoms with Crippen molar-refractivity contribution in [1.29, 1.82) is 0 Å². The third kappa shape index (κ3) is 5.26. The molecule has 0 aliphatic carbocycles. The van der Waals surface area contributed by atoms with Crippen LogP contribution in [0.2, 0.25) is 0 Å². The SMILES string of the molecule is CCN(CCO)c1c(C)cc([N+](=O)[O-])cc1S(=O)(=O)N1CCN(Cc2ccccc2)CC1. The Kier molecular flexibility index (Phi) is 7.83. The van der Waals surface area contributed by atoms with Crippen LogP contribution in [0.4, 0.5) is 11.4 Å². The summed E-state index contributed by atoms with van der Waals surface area (Å²) in [6.45, 7) is 6.59. The Bertz CT molecular complexity index is 1040. The van der Waals surface area contributed by atoms with Crippen molar-refractivity contribution in [1.82, 2.24) is 9.21 Å². The number of nitro benzene ring substituents is 1. The summed E-state index contributed by atoms with van der Waals surface area (Å²) in [5, 5.41) is 20.9. The quantitative estimate of drug-likeness (QED) is 0.450. The lowest BCUT2D eigenvalue weighted by Gasteiger charge is -2.35. The number of benzene rings is 2. The summed E-state index contributed by atoms with van der Waals surface area (Å²) in [4.78, 5) is 14.7. The number of piperazine rings is 1. The summed E-state index contributed by atoms with van der Waals surface area (Å²) in [7, 11) is -3.96. The number of hydrogen-bond donors (Lipinski definition) is 1. The first-order valence-electron chi connectivity index (χ1n) is 10.7. The zero-order chi connectivity index (χ0) is 23.3. The molecule has 2 aromatic carbocycles. The second-order valence-electron chi connectivity index (χ2n) is 7.84. The Morgan fingerprint density at radius 2 is 1.78 bits per heavy atom. The van der Waals surface area contributed by atoms with E-state index in [1.165, 1.54) is 15.9 Å². The third-order valence-electron chi connectivity index (χ3n) is 5.73. The summed E-state index contributed by atoms with van der Waals surface area (Å²) in [5.41, 5.74) is 1.82. The van der Waals surface area contributed by atoms with Crippen molar-refractivity contribution in [2.45, 2.75) is 25.3 Å². The average molecular weight is 463 g/mol. The van der Waals surface area contributed by atoms with Gasteiger partial charge >= 0.3 is 0 Å². The average Bonchev–Trinajstić information content (AvgIpc) is 2.78. The van der Waals surface area contributed by atoms with Gasteiger partial charge in [-0.2, -0.15) is 4.31 Å². The van der Waals surface area contributed by atoms with E-state index in [1.807, 2.05) is 37.3 Å².